The van der Waals surface area contributed by atoms with Crippen molar-refractivity contribution in [3.8, 4) is 11.5 Å². The van der Waals surface area contributed by atoms with Crippen molar-refractivity contribution in [3.63, 3.8) is 0 Å². The molecule has 9 nitrogen and oxygen atoms in total. The SMILES string of the molecule is COc1cc(OC)c(F)c(N(Cc2ncc[nH]2)c2cc3c(cn2)N=CC(C)(c2cnn(C)c2)C3)c1. The third kappa shape index (κ3) is 4.23. The van der Waals surface area contributed by atoms with Gasteiger partial charge in [-0.2, -0.15) is 5.10 Å². The summed E-state index contributed by atoms with van der Waals surface area (Å²) in [5.74, 6) is 1.24. The van der Waals surface area contributed by atoms with Crippen LogP contribution in [0.2, 0.25) is 0 Å². The normalized spacial score (nSPS) is 16.7. The number of aromatic nitrogens is 5. The molecule has 5 rings (SSSR count). The van der Waals surface area contributed by atoms with E-state index < -0.39 is 5.82 Å². The Bertz CT molecular complexity index is 1380. The van der Waals surface area contributed by atoms with Gasteiger partial charge in [0.1, 0.15) is 17.4 Å². The Balaban J connectivity index is 1.59. The zero-order chi connectivity index (χ0) is 24.6. The highest BCUT2D eigenvalue weighted by Crippen LogP contribution is 2.40. The number of imidazole rings is 1. The number of aryl methyl sites for hydroxylation is 1. The van der Waals surface area contributed by atoms with Gasteiger partial charge in [-0.15, -0.1) is 0 Å². The molecular weight excluding hydrogens is 449 g/mol. The number of ether oxygens (including phenoxy) is 2. The quantitative estimate of drug-likeness (QED) is 0.430. The Morgan fingerprint density at radius 1 is 1.17 bits per heavy atom. The predicted octanol–water partition coefficient (Wildman–Crippen LogP) is 4.25. The van der Waals surface area contributed by atoms with Gasteiger partial charge in [0, 0.05) is 55.0 Å². The number of pyridine rings is 1. The van der Waals surface area contributed by atoms with Gasteiger partial charge >= 0.3 is 0 Å². The number of nitrogens with zero attached hydrogens (tertiary/aromatic N) is 6. The molecule has 0 bridgehead atoms. The highest BCUT2D eigenvalue weighted by Gasteiger charge is 2.31. The Morgan fingerprint density at radius 2 is 2.03 bits per heavy atom. The molecule has 0 saturated heterocycles. The van der Waals surface area contributed by atoms with Gasteiger partial charge in [-0.1, -0.05) is 6.92 Å². The largest absolute Gasteiger partial charge is 0.497 e. The maximum atomic E-state index is 15.5. The molecule has 35 heavy (non-hydrogen) atoms. The summed E-state index contributed by atoms with van der Waals surface area (Å²) in [4.78, 5) is 18.5. The van der Waals surface area contributed by atoms with Crippen LogP contribution >= 0.6 is 0 Å². The summed E-state index contributed by atoms with van der Waals surface area (Å²) in [5, 5.41) is 4.32. The first-order valence-corrected chi connectivity index (χ1v) is 11.1. The Hall–Kier alpha value is -4.21. The first-order valence-electron chi connectivity index (χ1n) is 11.1. The molecule has 180 valence electrons. The minimum Gasteiger partial charge on any atom is -0.497 e. The first-order chi connectivity index (χ1) is 16.9. The number of benzene rings is 1. The lowest BCUT2D eigenvalue weighted by Crippen LogP contribution is -2.29. The molecule has 10 heteroatoms. The second-order valence-corrected chi connectivity index (χ2v) is 8.71. The average molecular weight is 476 g/mol. The minimum atomic E-state index is -0.516. The van der Waals surface area contributed by atoms with E-state index >= 15 is 4.39 Å². The maximum Gasteiger partial charge on any atom is 0.188 e. The number of hydrogen-bond acceptors (Lipinski definition) is 7. The molecule has 1 atom stereocenters. The van der Waals surface area contributed by atoms with Gasteiger partial charge in [0.05, 0.1) is 44.5 Å². The average Bonchev–Trinajstić information content (AvgIpc) is 3.54. The molecule has 1 aromatic carbocycles. The number of halogens is 1. The molecule has 0 amide bonds. The van der Waals surface area contributed by atoms with Crippen molar-refractivity contribution in [1.82, 2.24) is 24.7 Å². The van der Waals surface area contributed by atoms with Crippen molar-refractivity contribution >= 4 is 23.4 Å². The number of aliphatic imine (C=N–C) groups is 1. The number of aromatic amines is 1. The van der Waals surface area contributed by atoms with Gasteiger partial charge in [-0.25, -0.2) is 14.4 Å². The van der Waals surface area contributed by atoms with Gasteiger partial charge in [0.2, 0.25) is 0 Å². The molecule has 3 aromatic heterocycles. The molecule has 0 spiro atoms. The fourth-order valence-electron chi connectivity index (χ4n) is 4.27. The highest BCUT2D eigenvalue weighted by atomic mass is 19.1. The molecule has 0 aliphatic carbocycles. The maximum absolute atomic E-state index is 15.5. The Kier molecular flexibility index (Phi) is 5.72. The van der Waals surface area contributed by atoms with E-state index in [0.29, 0.717) is 23.8 Å². The number of H-pyrrole nitrogens is 1. The van der Waals surface area contributed by atoms with Crippen LogP contribution in [0, 0.1) is 5.82 Å². The second-order valence-electron chi connectivity index (χ2n) is 8.71. The van der Waals surface area contributed by atoms with Gasteiger partial charge in [0.15, 0.2) is 11.6 Å². The minimum absolute atomic E-state index is 0.0792. The second kappa shape index (κ2) is 8.86. The van der Waals surface area contributed by atoms with Crippen molar-refractivity contribution in [2.75, 3.05) is 19.1 Å². The topological polar surface area (TPSA) is 93.4 Å². The van der Waals surface area contributed by atoms with E-state index in [1.165, 1.54) is 20.3 Å². The van der Waals surface area contributed by atoms with Crippen LogP contribution in [0.1, 0.15) is 23.9 Å². The molecule has 0 radical (unpaired) electrons. The molecule has 1 aliphatic rings. The number of rotatable bonds is 7. The van der Waals surface area contributed by atoms with Gasteiger partial charge in [0.25, 0.3) is 0 Å². The van der Waals surface area contributed by atoms with E-state index in [1.54, 1.807) is 34.2 Å². The molecule has 0 fully saturated rings. The van der Waals surface area contributed by atoms with Crippen LogP contribution in [0.5, 0.6) is 11.5 Å². The van der Waals surface area contributed by atoms with Crippen molar-refractivity contribution in [2.24, 2.45) is 12.0 Å². The van der Waals surface area contributed by atoms with Gasteiger partial charge in [-0.05, 0) is 18.1 Å². The van der Waals surface area contributed by atoms with E-state index in [0.717, 1.165) is 16.8 Å². The van der Waals surface area contributed by atoms with E-state index in [4.69, 9.17) is 9.47 Å². The van der Waals surface area contributed by atoms with Crippen molar-refractivity contribution in [2.45, 2.75) is 25.3 Å². The monoisotopic (exact) mass is 475 g/mol. The lowest BCUT2D eigenvalue weighted by atomic mass is 9.78. The van der Waals surface area contributed by atoms with Gasteiger partial charge < -0.3 is 19.4 Å². The van der Waals surface area contributed by atoms with Crippen molar-refractivity contribution in [1.29, 1.82) is 0 Å². The zero-order valence-corrected chi connectivity index (χ0v) is 20.0. The van der Waals surface area contributed by atoms with Crippen LogP contribution in [-0.2, 0) is 25.4 Å². The molecule has 4 heterocycles. The highest BCUT2D eigenvalue weighted by molar-refractivity contribution is 5.80. The number of methoxy groups -OCH3 is 2. The summed E-state index contributed by atoms with van der Waals surface area (Å²) >= 11 is 0. The Labute approximate surface area is 202 Å². The molecule has 0 saturated carbocycles. The smallest absolute Gasteiger partial charge is 0.188 e. The van der Waals surface area contributed by atoms with E-state index in [2.05, 4.69) is 32.0 Å². The summed E-state index contributed by atoms with van der Waals surface area (Å²) in [6, 6.07) is 5.09. The van der Waals surface area contributed by atoms with Crippen molar-refractivity contribution < 1.29 is 13.9 Å². The van der Waals surface area contributed by atoms with Crippen LogP contribution < -0.4 is 14.4 Å². The van der Waals surface area contributed by atoms with Crippen LogP contribution in [0.3, 0.4) is 0 Å². The fourth-order valence-corrected chi connectivity index (χ4v) is 4.27. The predicted molar refractivity (Wildman–Crippen MR) is 131 cm³/mol. The lowest BCUT2D eigenvalue weighted by Gasteiger charge is -2.30. The zero-order valence-electron chi connectivity index (χ0n) is 20.0. The Morgan fingerprint density at radius 3 is 2.71 bits per heavy atom. The standard InChI is InChI=1S/C25H26FN7O2/c1-25(17-11-31-32(2)13-17)10-16-7-23(29-12-19(16)30-15-25)33(14-22-27-5-6-28-22)20-8-18(34-3)9-21(35-4)24(20)26/h5-9,11-13,15H,10,14H2,1-4H3,(H,27,28). The summed E-state index contributed by atoms with van der Waals surface area (Å²) < 4.78 is 28.0. The number of anilines is 2. The summed E-state index contributed by atoms with van der Waals surface area (Å²) in [5.41, 5.74) is 2.80. The summed E-state index contributed by atoms with van der Waals surface area (Å²) in [6.07, 6.45) is 11.6. The number of hydrogen-bond donors (Lipinski definition) is 1. The first kappa shape index (κ1) is 22.6. The number of fused-ring (bicyclic) bond motifs is 1. The van der Waals surface area contributed by atoms with E-state index in [-0.39, 0.29) is 23.4 Å². The summed E-state index contributed by atoms with van der Waals surface area (Å²) in [7, 11) is 4.85. The van der Waals surface area contributed by atoms with E-state index in [9.17, 15) is 0 Å². The lowest BCUT2D eigenvalue weighted by molar-refractivity contribution is 0.374. The van der Waals surface area contributed by atoms with Crippen LogP contribution in [0.25, 0.3) is 0 Å². The van der Waals surface area contributed by atoms with Crippen LogP contribution in [0.15, 0.2) is 54.2 Å². The summed E-state index contributed by atoms with van der Waals surface area (Å²) in [6.45, 7) is 2.39. The third-order valence-electron chi connectivity index (χ3n) is 6.24. The molecule has 1 N–H and O–H groups in total. The molecular formula is C25H26FN7O2. The molecule has 1 unspecified atom stereocenters. The van der Waals surface area contributed by atoms with Crippen LogP contribution in [-0.4, -0.2) is 45.2 Å². The van der Waals surface area contributed by atoms with Gasteiger partial charge in [-0.3, -0.25) is 9.67 Å². The molecule has 4 aromatic rings. The van der Waals surface area contributed by atoms with Crippen LogP contribution in [0.4, 0.5) is 21.6 Å². The van der Waals surface area contributed by atoms with E-state index in [1.807, 2.05) is 31.7 Å². The third-order valence-corrected chi connectivity index (χ3v) is 6.24. The molecule has 1 aliphatic heterocycles. The fraction of sp³-hybridized carbons (Fsp3) is 0.280. The number of nitrogens with one attached hydrogen (secondary N) is 1. The van der Waals surface area contributed by atoms with Crippen molar-refractivity contribution in [3.05, 3.63) is 72.0 Å².